The number of likely N-dealkylation sites (tertiary alicyclic amines) is 1. The standard InChI is InChI=1S/C21H32N6O3/c1-4-6-13-27-19(22)18(20(29)23-21(27)30)26(5-2)17(28)14-25-12-8-10-16(25)15-9-7-11-24(15)3/h7,9,11,16H,4-6,8,10,12-14,22H2,1-3H3,(H,23,29,30)/t16-/m1/s1. The lowest BCUT2D eigenvalue weighted by molar-refractivity contribution is -0.120. The van der Waals surface area contributed by atoms with Gasteiger partial charge in [0.1, 0.15) is 5.82 Å². The van der Waals surface area contributed by atoms with Crippen molar-refractivity contribution in [3.8, 4) is 0 Å². The number of hydrogen-bond acceptors (Lipinski definition) is 5. The number of nitrogens with one attached hydrogen (secondary N) is 1. The fourth-order valence-corrected chi connectivity index (χ4v) is 4.27. The summed E-state index contributed by atoms with van der Waals surface area (Å²) < 4.78 is 3.43. The zero-order valence-electron chi connectivity index (χ0n) is 18.1. The molecule has 3 rings (SSSR count). The summed E-state index contributed by atoms with van der Waals surface area (Å²) >= 11 is 0. The molecule has 0 aliphatic carbocycles. The molecule has 9 heteroatoms. The quantitative estimate of drug-likeness (QED) is 0.677. The number of aryl methyl sites for hydroxylation is 1. The molecule has 30 heavy (non-hydrogen) atoms. The topological polar surface area (TPSA) is 109 Å². The van der Waals surface area contributed by atoms with Gasteiger partial charge in [-0.05, 0) is 44.9 Å². The molecule has 1 saturated heterocycles. The first-order valence-electron chi connectivity index (χ1n) is 10.7. The number of anilines is 2. The number of carbonyl (C=O) groups excluding carboxylic acids is 1. The molecule has 1 aliphatic heterocycles. The minimum Gasteiger partial charge on any atom is -0.383 e. The molecule has 1 atom stereocenters. The van der Waals surface area contributed by atoms with Gasteiger partial charge < -0.3 is 15.2 Å². The highest BCUT2D eigenvalue weighted by molar-refractivity contribution is 5.96. The Morgan fingerprint density at radius 2 is 2.10 bits per heavy atom. The molecule has 1 fully saturated rings. The predicted octanol–water partition coefficient (Wildman–Crippen LogP) is 1.45. The van der Waals surface area contributed by atoms with Gasteiger partial charge in [-0.15, -0.1) is 0 Å². The lowest BCUT2D eigenvalue weighted by Crippen LogP contribution is -2.45. The number of nitrogen functional groups attached to an aromatic ring is 1. The molecule has 0 saturated carbocycles. The Morgan fingerprint density at radius 1 is 1.33 bits per heavy atom. The molecule has 2 aromatic heterocycles. The highest BCUT2D eigenvalue weighted by atomic mass is 16.2. The van der Waals surface area contributed by atoms with Crippen molar-refractivity contribution in [1.82, 2.24) is 19.0 Å². The first-order chi connectivity index (χ1) is 14.4. The van der Waals surface area contributed by atoms with Gasteiger partial charge in [0.2, 0.25) is 5.91 Å². The Morgan fingerprint density at radius 3 is 2.73 bits per heavy atom. The summed E-state index contributed by atoms with van der Waals surface area (Å²) in [5.41, 5.74) is 6.28. The zero-order valence-corrected chi connectivity index (χ0v) is 18.1. The number of rotatable bonds is 8. The van der Waals surface area contributed by atoms with Crippen molar-refractivity contribution >= 4 is 17.4 Å². The van der Waals surface area contributed by atoms with E-state index in [0.29, 0.717) is 13.1 Å². The van der Waals surface area contributed by atoms with E-state index in [-0.39, 0.29) is 30.0 Å². The number of likely N-dealkylation sites (N-methyl/N-ethyl adjacent to an activating group) is 1. The van der Waals surface area contributed by atoms with Crippen molar-refractivity contribution < 1.29 is 4.79 Å². The molecule has 0 spiro atoms. The molecule has 1 aliphatic rings. The van der Waals surface area contributed by atoms with Gasteiger partial charge in [0.05, 0.1) is 12.6 Å². The lowest BCUT2D eigenvalue weighted by Gasteiger charge is -2.28. The fraction of sp³-hybridized carbons (Fsp3) is 0.571. The van der Waals surface area contributed by atoms with Gasteiger partial charge in [-0.2, -0.15) is 0 Å². The van der Waals surface area contributed by atoms with Gasteiger partial charge in [0.15, 0.2) is 5.69 Å². The summed E-state index contributed by atoms with van der Waals surface area (Å²) in [7, 11) is 2.01. The molecule has 0 radical (unpaired) electrons. The Labute approximate surface area is 176 Å². The third-order valence-electron chi connectivity index (χ3n) is 5.86. The van der Waals surface area contributed by atoms with E-state index in [1.165, 1.54) is 15.2 Å². The van der Waals surface area contributed by atoms with Crippen molar-refractivity contribution in [3.63, 3.8) is 0 Å². The van der Waals surface area contributed by atoms with Crippen molar-refractivity contribution in [2.45, 2.75) is 52.1 Å². The second-order valence-electron chi connectivity index (χ2n) is 7.81. The second kappa shape index (κ2) is 9.34. The van der Waals surface area contributed by atoms with Crippen molar-refractivity contribution in [3.05, 3.63) is 44.9 Å². The smallest absolute Gasteiger partial charge is 0.330 e. The van der Waals surface area contributed by atoms with Gasteiger partial charge in [-0.1, -0.05) is 13.3 Å². The predicted molar refractivity (Wildman–Crippen MR) is 118 cm³/mol. The number of unbranched alkanes of at least 4 members (excludes halogenated alkanes) is 1. The molecule has 1 amide bonds. The van der Waals surface area contributed by atoms with Crippen LogP contribution in [0.5, 0.6) is 0 Å². The number of aromatic amines is 1. The number of nitrogens with zero attached hydrogens (tertiary/aromatic N) is 4. The van der Waals surface area contributed by atoms with Crippen molar-refractivity contribution in [2.75, 3.05) is 30.3 Å². The van der Waals surface area contributed by atoms with Crippen molar-refractivity contribution in [1.29, 1.82) is 0 Å². The van der Waals surface area contributed by atoms with Crippen LogP contribution in [0.3, 0.4) is 0 Å². The molecule has 9 nitrogen and oxygen atoms in total. The van der Waals surface area contributed by atoms with E-state index in [1.807, 2.05) is 26.2 Å². The largest absolute Gasteiger partial charge is 0.383 e. The van der Waals surface area contributed by atoms with Gasteiger partial charge in [0.25, 0.3) is 5.56 Å². The minimum atomic E-state index is -0.624. The molecule has 3 N–H and O–H groups in total. The highest BCUT2D eigenvalue weighted by Gasteiger charge is 2.31. The van der Waals surface area contributed by atoms with Crippen LogP contribution in [-0.4, -0.2) is 44.6 Å². The van der Waals surface area contributed by atoms with Crippen molar-refractivity contribution in [2.24, 2.45) is 7.05 Å². The third-order valence-corrected chi connectivity index (χ3v) is 5.86. The van der Waals surface area contributed by atoms with Gasteiger partial charge in [-0.3, -0.25) is 24.0 Å². The Bertz CT molecular complexity index is 1000. The molecule has 3 heterocycles. The monoisotopic (exact) mass is 416 g/mol. The van der Waals surface area contributed by atoms with Crippen LogP contribution in [0, 0.1) is 0 Å². The first kappa shape index (κ1) is 21.9. The van der Waals surface area contributed by atoms with Crippen LogP contribution in [0.25, 0.3) is 0 Å². The summed E-state index contributed by atoms with van der Waals surface area (Å²) in [6.07, 6.45) is 5.64. The Hall–Kier alpha value is -2.81. The normalized spacial score (nSPS) is 16.8. The van der Waals surface area contributed by atoms with E-state index in [1.54, 1.807) is 6.92 Å². The number of aromatic nitrogens is 3. The van der Waals surface area contributed by atoms with Crippen LogP contribution in [0.4, 0.5) is 11.5 Å². The molecular formula is C21H32N6O3. The Kier molecular flexibility index (Phi) is 6.81. The Balaban J connectivity index is 1.87. The number of amides is 1. The average molecular weight is 417 g/mol. The number of H-pyrrole nitrogens is 1. The summed E-state index contributed by atoms with van der Waals surface area (Å²) in [5.74, 6) is -0.149. The molecular weight excluding hydrogens is 384 g/mol. The fourth-order valence-electron chi connectivity index (χ4n) is 4.27. The summed E-state index contributed by atoms with van der Waals surface area (Å²) in [6, 6.07) is 4.25. The lowest BCUT2D eigenvalue weighted by atomic mass is 10.1. The zero-order chi connectivity index (χ0) is 21.8. The molecule has 164 valence electrons. The second-order valence-corrected chi connectivity index (χ2v) is 7.81. The minimum absolute atomic E-state index is 0.0489. The SMILES string of the molecule is CCCCn1c(N)c(N(CC)C(=O)CN2CCC[C@@H]2c2cccn2C)c(=O)[nH]c1=O. The van der Waals surface area contributed by atoms with E-state index in [9.17, 15) is 14.4 Å². The number of hydrogen-bond donors (Lipinski definition) is 2. The maximum atomic E-state index is 13.2. The van der Waals surface area contributed by atoms with Crippen LogP contribution >= 0.6 is 0 Å². The highest BCUT2D eigenvalue weighted by Crippen LogP contribution is 2.32. The summed E-state index contributed by atoms with van der Waals surface area (Å²) in [5, 5.41) is 0. The van der Waals surface area contributed by atoms with Crippen LogP contribution in [-0.2, 0) is 18.4 Å². The van der Waals surface area contributed by atoms with Crippen LogP contribution in [0.1, 0.15) is 51.3 Å². The molecule has 0 bridgehead atoms. The maximum Gasteiger partial charge on any atom is 0.330 e. The van der Waals surface area contributed by atoms with E-state index >= 15 is 0 Å². The molecule has 2 aromatic rings. The maximum absolute atomic E-state index is 13.2. The van der Waals surface area contributed by atoms with Gasteiger partial charge in [0, 0.05) is 32.0 Å². The first-order valence-corrected chi connectivity index (χ1v) is 10.7. The number of nitrogens with two attached hydrogens (primary N) is 1. The van der Waals surface area contributed by atoms with Crippen LogP contribution < -0.4 is 21.9 Å². The van der Waals surface area contributed by atoms with Crippen LogP contribution in [0.15, 0.2) is 27.9 Å². The average Bonchev–Trinajstić information content (AvgIpc) is 3.32. The van der Waals surface area contributed by atoms with E-state index < -0.39 is 11.2 Å². The van der Waals surface area contributed by atoms with Gasteiger partial charge >= 0.3 is 5.69 Å². The summed E-state index contributed by atoms with van der Waals surface area (Å²) in [4.78, 5) is 43.9. The molecule has 0 unspecified atom stereocenters. The van der Waals surface area contributed by atoms with Crippen LogP contribution in [0.2, 0.25) is 0 Å². The van der Waals surface area contributed by atoms with E-state index in [0.717, 1.165) is 32.2 Å². The van der Waals surface area contributed by atoms with E-state index in [2.05, 4.69) is 20.5 Å². The summed E-state index contributed by atoms with van der Waals surface area (Å²) in [6.45, 7) is 5.52. The van der Waals surface area contributed by atoms with Gasteiger partial charge in [-0.25, -0.2) is 4.79 Å². The number of carbonyl (C=O) groups is 1. The van der Waals surface area contributed by atoms with E-state index in [4.69, 9.17) is 5.73 Å². The third kappa shape index (κ3) is 4.21. The molecule has 0 aromatic carbocycles.